The third kappa shape index (κ3) is 7.53. The lowest BCUT2D eigenvalue weighted by Crippen LogP contribution is -2.20. The largest absolute Gasteiger partial charge is 0.482 e. The number of thioether (sulfide) groups is 1. The van der Waals surface area contributed by atoms with Crippen LogP contribution >= 0.6 is 23.4 Å². The van der Waals surface area contributed by atoms with E-state index in [9.17, 15) is 18.0 Å². The highest BCUT2D eigenvalue weighted by Gasteiger charge is 2.29. The van der Waals surface area contributed by atoms with Crippen molar-refractivity contribution < 1.29 is 22.7 Å². The monoisotopic (exact) mass is 404 g/mol. The average molecular weight is 405 g/mol. The van der Waals surface area contributed by atoms with Gasteiger partial charge in [-0.15, -0.1) is 0 Å². The highest BCUT2D eigenvalue weighted by Crippen LogP contribution is 2.30. The van der Waals surface area contributed by atoms with E-state index in [4.69, 9.17) is 16.3 Å². The number of nitrogens with one attached hydrogen (secondary N) is 1. The number of carbonyl (C=O) groups excluding carboxylic acids is 1. The van der Waals surface area contributed by atoms with Crippen LogP contribution in [0.15, 0.2) is 42.6 Å². The van der Waals surface area contributed by atoms with Crippen LogP contribution in [0, 0.1) is 0 Å². The van der Waals surface area contributed by atoms with E-state index in [2.05, 4.69) is 10.3 Å². The number of nitrogens with zero attached hydrogens (tertiary/aromatic N) is 1. The molecule has 0 aliphatic heterocycles. The summed E-state index contributed by atoms with van der Waals surface area (Å²) in [6.45, 7) is -1.45. The normalized spacial score (nSPS) is 11.2. The lowest BCUT2D eigenvalue weighted by atomic mass is 10.3. The number of benzene rings is 1. The Bertz CT molecular complexity index is 730. The minimum atomic E-state index is -4.47. The van der Waals surface area contributed by atoms with Crippen LogP contribution < -0.4 is 10.1 Å². The second-order valence-electron chi connectivity index (χ2n) is 5.22. The molecular formula is C17H16ClF3N2O2S. The maximum atomic E-state index is 12.3. The number of hydrogen-bond acceptors (Lipinski definition) is 4. The van der Waals surface area contributed by atoms with Gasteiger partial charge >= 0.3 is 6.18 Å². The minimum absolute atomic E-state index is 0.0822. The number of anilines is 1. The fourth-order valence-corrected chi connectivity index (χ4v) is 2.95. The van der Waals surface area contributed by atoms with Crippen molar-refractivity contribution in [2.45, 2.75) is 18.3 Å². The van der Waals surface area contributed by atoms with E-state index in [1.165, 1.54) is 30.0 Å². The molecule has 0 saturated heterocycles. The second-order valence-corrected chi connectivity index (χ2v) is 6.76. The number of hydrogen-bond donors (Lipinski definition) is 1. The van der Waals surface area contributed by atoms with E-state index in [-0.39, 0.29) is 28.8 Å². The lowest BCUT2D eigenvalue weighted by molar-refractivity contribution is -0.153. The molecule has 1 heterocycles. The molecule has 0 unspecified atom stereocenters. The number of carbonyl (C=O) groups is 1. The van der Waals surface area contributed by atoms with Crippen molar-refractivity contribution in [1.82, 2.24) is 4.98 Å². The first-order valence-corrected chi connectivity index (χ1v) is 9.13. The number of aromatic nitrogens is 1. The molecule has 0 bridgehead atoms. The van der Waals surface area contributed by atoms with Gasteiger partial charge in [0.15, 0.2) is 6.61 Å². The molecule has 0 aliphatic rings. The van der Waals surface area contributed by atoms with Gasteiger partial charge in [0.05, 0.1) is 11.4 Å². The van der Waals surface area contributed by atoms with Crippen molar-refractivity contribution in [2.75, 3.05) is 17.7 Å². The van der Waals surface area contributed by atoms with Crippen LogP contribution in [0.4, 0.5) is 18.9 Å². The molecule has 1 aromatic carbocycles. The summed E-state index contributed by atoms with van der Waals surface area (Å²) in [4.78, 5) is 16.2. The first kappa shape index (κ1) is 20.4. The van der Waals surface area contributed by atoms with Gasteiger partial charge in [0.25, 0.3) is 0 Å². The Morgan fingerprint density at radius 2 is 2.08 bits per heavy atom. The van der Waals surface area contributed by atoms with E-state index in [1.54, 1.807) is 6.20 Å². The molecule has 4 nitrogen and oxygen atoms in total. The zero-order chi connectivity index (χ0) is 19.0. The molecule has 1 N–H and O–H groups in total. The van der Waals surface area contributed by atoms with Crippen molar-refractivity contribution in [3.8, 4) is 5.75 Å². The van der Waals surface area contributed by atoms with Crippen molar-refractivity contribution in [3.05, 3.63) is 53.3 Å². The van der Waals surface area contributed by atoms with Crippen LogP contribution in [0.2, 0.25) is 5.02 Å². The Morgan fingerprint density at radius 1 is 1.27 bits per heavy atom. The Morgan fingerprint density at radius 3 is 2.77 bits per heavy atom. The number of ether oxygens (including phenoxy) is 1. The van der Waals surface area contributed by atoms with E-state index in [1.807, 2.05) is 18.2 Å². The number of rotatable bonds is 8. The first-order chi connectivity index (χ1) is 12.3. The summed E-state index contributed by atoms with van der Waals surface area (Å²) in [6, 6.07) is 9.64. The Balaban J connectivity index is 1.84. The van der Waals surface area contributed by atoms with Gasteiger partial charge in [-0.05, 0) is 30.3 Å². The zero-order valence-electron chi connectivity index (χ0n) is 13.6. The number of pyridine rings is 1. The highest BCUT2D eigenvalue weighted by molar-refractivity contribution is 7.98. The highest BCUT2D eigenvalue weighted by atomic mass is 35.5. The standard InChI is InChI=1S/C17H16ClF3N2O2S/c18-12-4-5-15(25-11-17(19,20)21)14(9-12)23-16(24)6-8-26-10-13-3-1-2-7-22-13/h1-5,7,9H,6,8,10-11H2,(H,23,24). The molecule has 1 aromatic heterocycles. The summed E-state index contributed by atoms with van der Waals surface area (Å²) in [6.07, 6.45) is -2.57. The first-order valence-electron chi connectivity index (χ1n) is 7.60. The fraction of sp³-hybridized carbons (Fsp3) is 0.294. The third-order valence-electron chi connectivity index (χ3n) is 3.06. The van der Waals surface area contributed by atoms with Gasteiger partial charge in [0, 0.05) is 29.1 Å². The quantitative estimate of drug-likeness (QED) is 0.633. The number of halogens is 4. The van der Waals surface area contributed by atoms with Crippen LogP contribution in [-0.2, 0) is 10.5 Å². The van der Waals surface area contributed by atoms with Crippen LogP contribution in [0.1, 0.15) is 12.1 Å². The SMILES string of the molecule is O=C(CCSCc1ccccn1)Nc1cc(Cl)ccc1OCC(F)(F)F. The van der Waals surface area contributed by atoms with E-state index in [0.29, 0.717) is 11.5 Å². The summed E-state index contributed by atoms with van der Waals surface area (Å²) >= 11 is 7.38. The van der Waals surface area contributed by atoms with Gasteiger partial charge < -0.3 is 10.1 Å². The van der Waals surface area contributed by atoms with Gasteiger partial charge in [-0.25, -0.2) is 0 Å². The molecule has 1 amide bonds. The maximum Gasteiger partial charge on any atom is 0.422 e. The predicted octanol–water partition coefficient (Wildman–Crippen LogP) is 4.94. The van der Waals surface area contributed by atoms with Gasteiger partial charge in [-0.3, -0.25) is 9.78 Å². The minimum Gasteiger partial charge on any atom is -0.482 e. The number of alkyl halides is 3. The van der Waals surface area contributed by atoms with Crippen molar-refractivity contribution in [3.63, 3.8) is 0 Å². The summed E-state index contributed by atoms with van der Waals surface area (Å²) in [5.41, 5.74) is 1.03. The molecular weight excluding hydrogens is 389 g/mol. The number of amides is 1. The van der Waals surface area contributed by atoms with E-state index in [0.717, 1.165) is 5.69 Å². The molecule has 9 heteroatoms. The summed E-state index contributed by atoms with van der Waals surface area (Å²) in [7, 11) is 0. The van der Waals surface area contributed by atoms with E-state index >= 15 is 0 Å². The van der Waals surface area contributed by atoms with E-state index < -0.39 is 12.8 Å². The molecule has 0 radical (unpaired) electrons. The van der Waals surface area contributed by atoms with Crippen LogP contribution in [0.5, 0.6) is 5.75 Å². The molecule has 0 aliphatic carbocycles. The third-order valence-corrected chi connectivity index (χ3v) is 4.28. The molecule has 0 spiro atoms. The average Bonchev–Trinajstić information content (AvgIpc) is 2.58. The predicted molar refractivity (Wildman–Crippen MR) is 96.6 cm³/mol. The molecule has 2 rings (SSSR count). The van der Waals surface area contributed by atoms with Gasteiger partial charge in [0.2, 0.25) is 5.91 Å². The van der Waals surface area contributed by atoms with Crippen molar-refractivity contribution in [2.24, 2.45) is 0 Å². The Labute approximate surface area is 158 Å². The Kier molecular flexibility index (Phi) is 7.59. The molecule has 0 fully saturated rings. The molecule has 0 saturated carbocycles. The van der Waals surface area contributed by atoms with Crippen LogP contribution in [-0.4, -0.2) is 29.4 Å². The smallest absolute Gasteiger partial charge is 0.422 e. The summed E-state index contributed by atoms with van der Waals surface area (Å²) < 4.78 is 41.7. The topological polar surface area (TPSA) is 51.2 Å². The van der Waals surface area contributed by atoms with Crippen molar-refractivity contribution >= 4 is 35.0 Å². The van der Waals surface area contributed by atoms with Crippen molar-refractivity contribution in [1.29, 1.82) is 0 Å². The Hall–Kier alpha value is -1.93. The van der Waals surface area contributed by atoms with Gasteiger partial charge in [-0.1, -0.05) is 17.7 Å². The van der Waals surface area contributed by atoms with Crippen LogP contribution in [0.25, 0.3) is 0 Å². The maximum absolute atomic E-state index is 12.3. The molecule has 2 aromatic rings. The molecule has 26 heavy (non-hydrogen) atoms. The van der Waals surface area contributed by atoms with Crippen LogP contribution in [0.3, 0.4) is 0 Å². The van der Waals surface area contributed by atoms with Gasteiger partial charge in [-0.2, -0.15) is 24.9 Å². The van der Waals surface area contributed by atoms with Gasteiger partial charge in [0.1, 0.15) is 5.75 Å². The fourth-order valence-electron chi connectivity index (χ4n) is 1.92. The molecule has 140 valence electrons. The summed E-state index contributed by atoms with van der Waals surface area (Å²) in [5, 5.41) is 2.82. The lowest BCUT2D eigenvalue weighted by Gasteiger charge is -2.14. The zero-order valence-corrected chi connectivity index (χ0v) is 15.1. The molecule has 0 atom stereocenters. The summed E-state index contributed by atoms with van der Waals surface area (Å²) in [5.74, 6) is 0.797. The second kappa shape index (κ2) is 9.68.